The summed E-state index contributed by atoms with van der Waals surface area (Å²) in [4.78, 5) is 12.8. The van der Waals surface area contributed by atoms with Gasteiger partial charge in [-0.1, -0.05) is 30.3 Å². The van der Waals surface area contributed by atoms with Gasteiger partial charge >= 0.3 is 0 Å². The van der Waals surface area contributed by atoms with E-state index in [9.17, 15) is 13.6 Å². The van der Waals surface area contributed by atoms with Crippen LogP contribution < -0.4 is 0 Å². The minimum atomic E-state index is -0.687. The second kappa shape index (κ2) is 8.36. The summed E-state index contributed by atoms with van der Waals surface area (Å²) in [6.07, 6.45) is 3.01. The minimum absolute atomic E-state index is 0.359. The summed E-state index contributed by atoms with van der Waals surface area (Å²) in [6, 6.07) is 10.4. The predicted octanol–water partition coefficient (Wildman–Crippen LogP) is 5.26. The van der Waals surface area contributed by atoms with Crippen LogP contribution in [0, 0.1) is 11.6 Å². The lowest BCUT2D eigenvalue weighted by molar-refractivity contribution is -0.129. The summed E-state index contributed by atoms with van der Waals surface area (Å²) in [5, 5.41) is 11.0. The number of aryl methyl sites for hydroxylation is 1. The molecule has 2 aromatic carbocycles. The van der Waals surface area contributed by atoms with Gasteiger partial charge in [-0.15, -0.1) is 0 Å². The molecule has 0 radical (unpaired) electrons. The van der Waals surface area contributed by atoms with E-state index in [0.29, 0.717) is 42.1 Å². The molecule has 4 rings (SSSR count). The maximum absolute atomic E-state index is 13.6. The van der Waals surface area contributed by atoms with Crippen LogP contribution in [0.2, 0.25) is 5.15 Å². The minimum Gasteiger partial charge on any atom is -0.268 e. The van der Waals surface area contributed by atoms with E-state index in [4.69, 9.17) is 11.6 Å². The molecule has 30 heavy (non-hydrogen) atoms. The van der Waals surface area contributed by atoms with Crippen LogP contribution in [0.15, 0.2) is 59.7 Å². The Morgan fingerprint density at radius 3 is 2.70 bits per heavy atom. The Kier molecular flexibility index (Phi) is 5.63. The van der Waals surface area contributed by atoms with E-state index in [1.165, 1.54) is 17.1 Å². The third-order valence-electron chi connectivity index (χ3n) is 5.07. The Morgan fingerprint density at radius 2 is 1.93 bits per heavy atom. The van der Waals surface area contributed by atoms with Crippen molar-refractivity contribution in [1.82, 2.24) is 14.8 Å². The molecule has 0 N–H and O–H groups in total. The molecule has 2 heterocycles. The summed E-state index contributed by atoms with van der Waals surface area (Å²) < 4.78 is 29.0. The van der Waals surface area contributed by atoms with E-state index < -0.39 is 17.7 Å². The van der Waals surface area contributed by atoms with Crippen molar-refractivity contribution in [3.63, 3.8) is 0 Å². The maximum atomic E-state index is 13.6. The quantitative estimate of drug-likeness (QED) is 0.502. The first-order chi connectivity index (χ1) is 14.4. The SMILES string of the molecule is C=C(CCCn1nc(Cl)c2ccccc21)C(=O)N1N=CCC1c1cc(F)cc(F)c1. The first-order valence-corrected chi connectivity index (χ1v) is 9.92. The lowest BCUT2D eigenvalue weighted by atomic mass is 10.0. The largest absolute Gasteiger partial charge is 0.269 e. The van der Waals surface area contributed by atoms with Crippen molar-refractivity contribution in [3.8, 4) is 0 Å². The van der Waals surface area contributed by atoms with Crippen LogP contribution in [-0.2, 0) is 11.3 Å². The number of aromatic nitrogens is 2. The normalized spacial score (nSPS) is 15.8. The zero-order chi connectivity index (χ0) is 21.3. The van der Waals surface area contributed by atoms with Gasteiger partial charge in [0.15, 0.2) is 5.15 Å². The van der Waals surface area contributed by atoms with Gasteiger partial charge in [-0.2, -0.15) is 10.2 Å². The van der Waals surface area contributed by atoms with Crippen LogP contribution in [0.4, 0.5) is 8.78 Å². The van der Waals surface area contributed by atoms with Crippen molar-refractivity contribution in [2.75, 3.05) is 0 Å². The zero-order valence-corrected chi connectivity index (χ0v) is 16.8. The van der Waals surface area contributed by atoms with Crippen LogP contribution in [0.5, 0.6) is 0 Å². The molecule has 1 aliphatic rings. The van der Waals surface area contributed by atoms with Crippen molar-refractivity contribution >= 4 is 34.6 Å². The lowest BCUT2D eigenvalue weighted by Crippen LogP contribution is -2.28. The number of rotatable bonds is 6. The van der Waals surface area contributed by atoms with Gasteiger partial charge in [0.25, 0.3) is 5.91 Å². The highest BCUT2D eigenvalue weighted by Gasteiger charge is 2.30. The van der Waals surface area contributed by atoms with Gasteiger partial charge < -0.3 is 0 Å². The highest BCUT2D eigenvalue weighted by Crippen LogP contribution is 2.31. The van der Waals surface area contributed by atoms with Gasteiger partial charge in [-0.3, -0.25) is 9.48 Å². The molecule has 3 aromatic rings. The van der Waals surface area contributed by atoms with E-state index in [0.717, 1.165) is 17.0 Å². The number of hydrogen-bond acceptors (Lipinski definition) is 3. The molecule has 0 bridgehead atoms. The van der Waals surface area contributed by atoms with E-state index in [2.05, 4.69) is 16.8 Å². The highest BCUT2D eigenvalue weighted by molar-refractivity contribution is 6.34. The average molecular weight is 429 g/mol. The van der Waals surface area contributed by atoms with E-state index in [1.54, 1.807) is 6.21 Å². The lowest BCUT2D eigenvalue weighted by Gasteiger charge is -2.23. The van der Waals surface area contributed by atoms with Crippen molar-refractivity contribution in [3.05, 3.63) is 77.0 Å². The third-order valence-corrected chi connectivity index (χ3v) is 5.35. The van der Waals surface area contributed by atoms with Gasteiger partial charge in [-0.25, -0.2) is 13.8 Å². The summed E-state index contributed by atoms with van der Waals surface area (Å²) in [5.74, 6) is -1.73. The Labute approximate surface area is 177 Å². The van der Waals surface area contributed by atoms with Crippen LogP contribution >= 0.6 is 11.6 Å². The van der Waals surface area contributed by atoms with Crippen molar-refractivity contribution in [2.24, 2.45) is 5.10 Å². The zero-order valence-electron chi connectivity index (χ0n) is 16.1. The fourth-order valence-electron chi connectivity index (χ4n) is 3.62. The number of carbonyl (C=O) groups is 1. The summed E-state index contributed by atoms with van der Waals surface area (Å²) in [5.41, 5.74) is 1.67. The summed E-state index contributed by atoms with van der Waals surface area (Å²) in [6.45, 7) is 4.46. The number of halogens is 3. The standard InChI is InChI=1S/C22H19ClF2N4O/c1-14(5-4-10-28-20-7-3-2-6-18(20)21(23)27-28)22(30)29-19(8-9-26-29)15-11-16(24)13-17(25)12-15/h2-3,6-7,9,11-13,19H,1,4-5,8,10H2. The molecule has 5 nitrogen and oxygen atoms in total. The molecule has 8 heteroatoms. The van der Waals surface area contributed by atoms with Crippen LogP contribution in [0.3, 0.4) is 0 Å². The Bertz CT molecular complexity index is 1140. The van der Waals surface area contributed by atoms with E-state index in [-0.39, 0.29) is 5.91 Å². The van der Waals surface area contributed by atoms with Gasteiger partial charge in [0, 0.05) is 36.2 Å². The molecule has 1 unspecified atom stereocenters. The van der Waals surface area contributed by atoms with Crippen molar-refractivity contribution < 1.29 is 13.6 Å². The van der Waals surface area contributed by atoms with Crippen molar-refractivity contribution in [1.29, 1.82) is 0 Å². The average Bonchev–Trinajstić information content (AvgIpc) is 3.32. The fourth-order valence-corrected chi connectivity index (χ4v) is 3.87. The Hall–Kier alpha value is -3.06. The number of para-hydroxylation sites is 1. The molecule has 1 amide bonds. The molecular formula is C22H19ClF2N4O. The summed E-state index contributed by atoms with van der Waals surface area (Å²) in [7, 11) is 0. The number of benzene rings is 2. The highest BCUT2D eigenvalue weighted by atomic mass is 35.5. The number of nitrogens with zero attached hydrogens (tertiary/aromatic N) is 4. The monoisotopic (exact) mass is 428 g/mol. The van der Waals surface area contributed by atoms with Gasteiger partial charge in [0.2, 0.25) is 0 Å². The van der Waals surface area contributed by atoms with Gasteiger partial charge in [-0.05, 0) is 42.7 Å². The molecule has 1 aliphatic heterocycles. The van der Waals surface area contributed by atoms with Gasteiger partial charge in [0.05, 0.1) is 11.6 Å². The topological polar surface area (TPSA) is 50.5 Å². The van der Waals surface area contributed by atoms with Crippen LogP contribution in [-0.4, -0.2) is 26.9 Å². The number of hydrogen-bond donors (Lipinski definition) is 0. The number of fused-ring (bicyclic) bond motifs is 1. The second-order valence-corrected chi connectivity index (χ2v) is 7.50. The molecular weight excluding hydrogens is 410 g/mol. The van der Waals surface area contributed by atoms with Gasteiger partial charge in [0.1, 0.15) is 11.6 Å². The molecule has 0 fully saturated rings. The summed E-state index contributed by atoms with van der Waals surface area (Å²) >= 11 is 6.17. The van der Waals surface area contributed by atoms with E-state index >= 15 is 0 Å². The molecule has 0 saturated carbocycles. The molecule has 0 saturated heterocycles. The number of carbonyl (C=O) groups excluding carboxylic acids is 1. The third kappa shape index (κ3) is 3.98. The Morgan fingerprint density at radius 1 is 1.20 bits per heavy atom. The molecule has 154 valence electrons. The fraction of sp³-hybridized carbons (Fsp3) is 0.227. The Balaban J connectivity index is 1.40. The number of hydrazone groups is 1. The van der Waals surface area contributed by atoms with Crippen LogP contribution in [0.1, 0.15) is 30.9 Å². The van der Waals surface area contributed by atoms with E-state index in [1.807, 2.05) is 28.9 Å². The predicted molar refractivity (Wildman–Crippen MR) is 112 cm³/mol. The smallest absolute Gasteiger partial charge is 0.268 e. The first-order valence-electron chi connectivity index (χ1n) is 9.55. The molecule has 1 aromatic heterocycles. The molecule has 0 spiro atoms. The second-order valence-electron chi connectivity index (χ2n) is 7.14. The van der Waals surface area contributed by atoms with Crippen LogP contribution in [0.25, 0.3) is 10.9 Å². The molecule has 1 atom stereocenters. The first kappa shape index (κ1) is 20.2. The number of amides is 1. The molecule has 0 aliphatic carbocycles. The van der Waals surface area contributed by atoms with Crippen molar-refractivity contribution in [2.45, 2.75) is 31.8 Å². The maximum Gasteiger partial charge on any atom is 0.269 e.